The van der Waals surface area contributed by atoms with Gasteiger partial charge in [0.1, 0.15) is 6.79 Å². The van der Waals surface area contributed by atoms with Crippen LogP contribution in [0.3, 0.4) is 0 Å². The normalized spacial score (nSPS) is 29.0. The highest BCUT2D eigenvalue weighted by molar-refractivity contribution is 6.74. The van der Waals surface area contributed by atoms with Crippen molar-refractivity contribution in [3.8, 4) is 0 Å². The van der Waals surface area contributed by atoms with Crippen molar-refractivity contribution >= 4 is 16.6 Å². The van der Waals surface area contributed by atoms with Gasteiger partial charge >= 0.3 is 0 Å². The van der Waals surface area contributed by atoms with Crippen molar-refractivity contribution in [3.63, 3.8) is 0 Å². The number of methoxy groups -OCH3 is 1. The molecule has 0 spiro atoms. The van der Waals surface area contributed by atoms with Gasteiger partial charge in [-0.1, -0.05) is 97.8 Å². The van der Waals surface area contributed by atoms with Crippen molar-refractivity contribution in [2.75, 3.05) is 13.9 Å². The molecule has 3 rings (SSSR count). The molecule has 5 atom stereocenters. The quantitative estimate of drug-likeness (QED) is 0.110. The lowest BCUT2D eigenvalue weighted by Gasteiger charge is -2.45. The zero-order valence-corrected chi connectivity index (χ0v) is 35.5. The highest BCUT2D eigenvalue weighted by Crippen LogP contribution is 2.57. The van der Waals surface area contributed by atoms with Crippen LogP contribution in [-0.2, 0) is 18.3 Å². The molecule has 0 bridgehead atoms. The smallest absolute Gasteiger partial charge is 0.192 e. The monoisotopic (exact) mass is 687 g/mol. The first-order chi connectivity index (χ1) is 21.4. The van der Waals surface area contributed by atoms with Gasteiger partial charge in [-0.25, -0.2) is 0 Å². The SMILES string of the molecule is C=C1/C(=C\C=C2\CCC[C@]3(C)C([C@H](C)CCCC(C)(C)OCOC)=CC[C@@H]23)C[C@@H](O[Si](C)(C)C(C)(C)C)C[C@@H]1O[Si](C)(C)C(C)(C)C. The standard InChI is InChI=1S/C41H74O4Si2/c1-30(19-17-25-40(9,10)43-29-42-12)35-23-24-36-32(20-18-26-41(35,36)11)21-22-33-27-34(44-46(13,14)38(3,4)5)28-37(31(33)2)45-47(15,16)39(6,7)8/h21-23,30,34,36-37H,2,17-20,24-29H2,1,3-16H3/b32-21-,33-22-/t30-,34-,36+,37+,41-/m1/s1. The number of hydrogen-bond donors (Lipinski definition) is 0. The van der Waals surface area contributed by atoms with Gasteiger partial charge in [-0.3, -0.25) is 0 Å². The molecule has 3 aliphatic carbocycles. The predicted molar refractivity (Wildman–Crippen MR) is 207 cm³/mol. The number of allylic oxidation sites excluding steroid dienone is 5. The minimum absolute atomic E-state index is 0.0196. The van der Waals surface area contributed by atoms with Gasteiger partial charge in [-0.05, 0) is 123 Å². The maximum absolute atomic E-state index is 7.10. The summed E-state index contributed by atoms with van der Waals surface area (Å²) in [7, 11) is -2.22. The zero-order chi connectivity index (χ0) is 35.6. The summed E-state index contributed by atoms with van der Waals surface area (Å²) >= 11 is 0. The van der Waals surface area contributed by atoms with Crippen LogP contribution in [0.4, 0.5) is 0 Å². The molecule has 0 aromatic heterocycles. The fraction of sp³-hybridized carbons (Fsp3) is 0.805. The van der Waals surface area contributed by atoms with E-state index in [0.717, 1.165) is 19.3 Å². The molecule has 6 heteroatoms. The van der Waals surface area contributed by atoms with Gasteiger partial charge < -0.3 is 18.3 Å². The Bertz CT molecular complexity index is 1180. The van der Waals surface area contributed by atoms with Crippen molar-refractivity contribution in [3.05, 3.63) is 47.1 Å². The van der Waals surface area contributed by atoms with Crippen LogP contribution in [0, 0.1) is 17.3 Å². The molecule has 47 heavy (non-hydrogen) atoms. The Morgan fingerprint density at radius 2 is 1.60 bits per heavy atom. The lowest BCUT2D eigenvalue weighted by atomic mass is 9.62. The highest BCUT2D eigenvalue weighted by Gasteiger charge is 2.47. The molecule has 0 amide bonds. The van der Waals surface area contributed by atoms with E-state index in [2.05, 4.69) is 114 Å². The molecule has 2 fully saturated rings. The third-order valence-corrected chi connectivity index (χ3v) is 21.9. The first-order valence-electron chi connectivity index (χ1n) is 18.7. The largest absolute Gasteiger partial charge is 0.413 e. The van der Waals surface area contributed by atoms with Crippen molar-refractivity contribution in [2.24, 2.45) is 17.3 Å². The lowest BCUT2D eigenvalue weighted by Crippen LogP contribution is -2.49. The first kappa shape index (κ1) is 40.7. The highest BCUT2D eigenvalue weighted by atomic mass is 28.4. The van der Waals surface area contributed by atoms with Crippen molar-refractivity contribution < 1.29 is 18.3 Å². The van der Waals surface area contributed by atoms with Crippen LogP contribution >= 0.6 is 0 Å². The summed E-state index contributed by atoms with van der Waals surface area (Å²) < 4.78 is 25.3. The van der Waals surface area contributed by atoms with Crippen LogP contribution in [-0.4, -0.2) is 48.3 Å². The van der Waals surface area contributed by atoms with E-state index < -0.39 is 16.6 Å². The van der Waals surface area contributed by atoms with E-state index in [1.807, 2.05) is 0 Å². The fourth-order valence-electron chi connectivity index (χ4n) is 7.66. The molecule has 0 saturated heterocycles. The predicted octanol–water partition coefficient (Wildman–Crippen LogP) is 12.3. The van der Waals surface area contributed by atoms with Crippen LogP contribution in [0.2, 0.25) is 36.3 Å². The molecule has 4 nitrogen and oxygen atoms in total. The molecule has 0 aliphatic heterocycles. The van der Waals surface area contributed by atoms with E-state index in [-0.39, 0.29) is 33.3 Å². The molecular formula is C41H74O4Si2. The second kappa shape index (κ2) is 15.2. The summed E-state index contributed by atoms with van der Waals surface area (Å²) in [6.07, 6.45) is 17.9. The maximum Gasteiger partial charge on any atom is 0.192 e. The molecule has 270 valence electrons. The summed E-state index contributed by atoms with van der Waals surface area (Å²) in [4.78, 5) is 0. The first-order valence-corrected chi connectivity index (χ1v) is 24.5. The Morgan fingerprint density at radius 1 is 0.979 bits per heavy atom. The molecule has 2 saturated carbocycles. The zero-order valence-electron chi connectivity index (χ0n) is 33.5. The molecule has 0 heterocycles. The lowest BCUT2D eigenvalue weighted by molar-refractivity contribution is -0.117. The van der Waals surface area contributed by atoms with E-state index in [0.29, 0.717) is 18.6 Å². The fourth-order valence-corrected chi connectivity index (χ4v) is 10.3. The maximum atomic E-state index is 7.10. The minimum Gasteiger partial charge on any atom is -0.413 e. The second-order valence-electron chi connectivity index (χ2n) is 19.1. The Morgan fingerprint density at radius 3 is 2.19 bits per heavy atom. The molecule has 0 unspecified atom stereocenters. The van der Waals surface area contributed by atoms with Crippen molar-refractivity contribution in [2.45, 2.75) is 181 Å². The molecule has 0 radical (unpaired) electrons. The molecule has 3 aliphatic rings. The van der Waals surface area contributed by atoms with Crippen molar-refractivity contribution in [1.29, 1.82) is 0 Å². The molecule has 0 N–H and O–H groups in total. The third-order valence-electron chi connectivity index (χ3n) is 12.9. The molecule has 0 aromatic carbocycles. The summed E-state index contributed by atoms with van der Waals surface area (Å²) in [6, 6.07) is 0. The average molecular weight is 687 g/mol. The summed E-state index contributed by atoms with van der Waals surface area (Å²) in [5.41, 5.74) is 5.95. The number of fused-ring (bicyclic) bond motifs is 1. The summed E-state index contributed by atoms with van der Waals surface area (Å²) in [6.45, 7) is 38.0. The minimum atomic E-state index is -1.98. The Labute approximate surface area is 293 Å². The van der Waals surface area contributed by atoms with Crippen LogP contribution in [0.1, 0.15) is 127 Å². The number of rotatable bonds is 13. The third kappa shape index (κ3) is 9.94. The van der Waals surface area contributed by atoms with Gasteiger partial charge in [0.25, 0.3) is 0 Å². The number of ether oxygens (including phenoxy) is 2. The van der Waals surface area contributed by atoms with E-state index in [4.69, 9.17) is 24.9 Å². The van der Waals surface area contributed by atoms with E-state index in [1.54, 1.807) is 18.3 Å². The van der Waals surface area contributed by atoms with E-state index in [1.165, 1.54) is 49.7 Å². The number of hydrogen-bond acceptors (Lipinski definition) is 4. The Hall–Kier alpha value is -0.766. The topological polar surface area (TPSA) is 36.9 Å². The van der Waals surface area contributed by atoms with Crippen molar-refractivity contribution in [1.82, 2.24) is 0 Å². The van der Waals surface area contributed by atoms with E-state index >= 15 is 0 Å². The van der Waals surface area contributed by atoms with Crippen LogP contribution in [0.15, 0.2) is 47.1 Å². The van der Waals surface area contributed by atoms with Gasteiger partial charge in [0.15, 0.2) is 16.6 Å². The van der Waals surface area contributed by atoms with Gasteiger partial charge in [0.05, 0.1) is 17.8 Å². The summed E-state index contributed by atoms with van der Waals surface area (Å²) in [5, 5.41) is 0.325. The molecule has 0 aromatic rings. The van der Waals surface area contributed by atoms with E-state index in [9.17, 15) is 0 Å². The Balaban J connectivity index is 1.82. The average Bonchev–Trinajstić information content (AvgIpc) is 3.28. The van der Waals surface area contributed by atoms with Crippen LogP contribution in [0.5, 0.6) is 0 Å². The van der Waals surface area contributed by atoms with Crippen LogP contribution in [0.25, 0.3) is 0 Å². The van der Waals surface area contributed by atoms with Gasteiger partial charge in [-0.15, -0.1) is 0 Å². The van der Waals surface area contributed by atoms with Crippen LogP contribution < -0.4 is 0 Å². The van der Waals surface area contributed by atoms with Gasteiger partial charge in [0, 0.05) is 13.5 Å². The molecular weight excluding hydrogens is 613 g/mol. The van der Waals surface area contributed by atoms with Gasteiger partial charge in [0.2, 0.25) is 0 Å². The summed E-state index contributed by atoms with van der Waals surface area (Å²) in [5.74, 6) is 1.20. The Kier molecular flexibility index (Phi) is 13.2. The van der Waals surface area contributed by atoms with Gasteiger partial charge in [-0.2, -0.15) is 0 Å². The second-order valence-corrected chi connectivity index (χ2v) is 28.6.